The molecule has 2 N–H and O–H groups in total. The van der Waals surface area contributed by atoms with E-state index in [1.54, 1.807) is 52.1 Å². The van der Waals surface area contributed by atoms with Crippen molar-refractivity contribution in [3.05, 3.63) is 59.7 Å². The third-order valence-corrected chi connectivity index (χ3v) is 5.33. The molecule has 0 aliphatic carbocycles. The summed E-state index contributed by atoms with van der Waals surface area (Å²) in [6.07, 6.45) is 1.82. The Morgan fingerprint density at radius 1 is 1.00 bits per heavy atom. The fourth-order valence-corrected chi connectivity index (χ4v) is 3.75. The lowest BCUT2D eigenvalue weighted by Crippen LogP contribution is -2.36. The molecule has 1 heterocycles. The van der Waals surface area contributed by atoms with E-state index in [-0.39, 0.29) is 11.9 Å². The summed E-state index contributed by atoms with van der Waals surface area (Å²) in [7, 11) is 1.65. The van der Waals surface area contributed by atoms with Crippen LogP contribution in [0.2, 0.25) is 0 Å². The molecule has 1 unspecified atom stereocenters. The summed E-state index contributed by atoms with van der Waals surface area (Å²) in [6, 6.07) is 14.9. The van der Waals surface area contributed by atoms with Gasteiger partial charge in [0.05, 0.1) is 13.2 Å². The number of carbonyl (C=O) groups excluding carboxylic acids is 2. The summed E-state index contributed by atoms with van der Waals surface area (Å²) < 4.78 is 10.5. The third kappa shape index (κ3) is 6.72. The van der Waals surface area contributed by atoms with E-state index in [0.29, 0.717) is 17.8 Å². The fourth-order valence-electron chi connectivity index (χ4n) is 3.75. The smallest absolute Gasteiger partial charge is 0.412 e. The van der Waals surface area contributed by atoms with Crippen molar-refractivity contribution in [3.63, 3.8) is 0 Å². The molecule has 32 heavy (non-hydrogen) atoms. The molecule has 1 aliphatic rings. The Hall–Kier alpha value is -3.06. The van der Waals surface area contributed by atoms with E-state index in [0.717, 1.165) is 24.4 Å². The van der Waals surface area contributed by atoms with Crippen molar-refractivity contribution in [1.29, 1.82) is 0 Å². The van der Waals surface area contributed by atoms with Crippen molar-refractivity contribution in [2.24, 2.45) is 0 Å². The van der Waals surface area contributed by atoms with Crippen LogP contribution < -0.4 is 15.4 Å². The van der Waals surface area contributed by atoms with Gasteiger partial charge in [-0.05, 0) is 88.7 Å². The van der Waals surface area contributed by atoms with Crippen molar-refractivity contribution in [3.8, 4) is 5.75 Å². The highest BCUT2D eigenvalue weighted by molar-refractivity contribution is 5.95. The highest BCUT2D eigenvalue weighted by Crippen LogP contribution is 2.26. The zero-order chi connectivity index (χ0) is 23.1. The van der Waals surface area contributed by atoms with Gasteiger partial charge in [-0.2, -0.15) is 0 Å². The number of benzene rings is 2. The quantitative estimate of drug-likeness (QED) is 0.659. The molecule has 7 heteroatoms. The van der Waals surface area contributed by atoms with Gasteiger partial charge in [0.1, 0.15) is 11.4 Å². The lowest BCUT2D eigenvalue weighted by Gasteiger charge is -2.28. The topological polar surface area (TPSA) is 79.9 Å². The van der Waals surface area contributed by atoms with E-state index >= 15 is 0 Å². The molecule has 0 aromatic heterocycles. The van der Waals surface area contributed by atoms with Crippen molar-refractivity contribution in [2.45, 2.75) is 45.3 Å². The standard InChI is InChI=1S/C25H33N3O4/c1-25(2,3)32-24(30)27-20-11-7-19(8-12-20)23(29)26-17-22(28-15-5-6-16-28)18-9-13-21(31-4)14-10-18/h7-14,22H,5-6,15-17H2,1-4H3,(H,26,29)(H,27,30). The number of hydrogen-bond acceptors (Lipinski definition) is 5. The van der Waals surface area contributed by atoms with Gasteiger partial charge in [-0.15, -0.1) is 0 Å². The Kier molecular flexibility index (Phi) is 7.75. The van der Waals surface area contributed by atoms with Gasteiger partial charge in [0, 0.05) is 17.8 Å². The number of anilines is 1. The van der Waals surface area contributed by atoms with Crippen LogP contribution >= 0.6 is 0 Å². The first-order valence-corrected chi connectivity index (χ1v) is 11.0. The highest BCUT2D eigenvalue weighted by atomic mass is 16.6. The van der Waals surface area contributed by atoms with Gasteiger partial charge in [0.2, 0.25) is 0 Å². The minimum atomic E-state index is -0.570. The van der Waals surface area contributed by atoms with E-state index in [1.807, 2.05) is 12.1 Å². The highest BCUT2D eigenvalue weighted by Gasteiger charge is 2.24. The number of nitrogens with zero attached hydrogens (tertiary/aromatic N) is 1. The van der Waals surface area contributed by atoms with Crippen LogP contribution in [-0.4, -0.2) is 49.2 Å². The summed E-state index contributed by atoms with van der Waals surface area (Å²) in [5, 5.41) is 5.74. The molecular weight excluding hydrogens is 406 g/mol. The van der Waals surface area contributed by atoms with Gasteiger partial charge in [0.25, 0.3) is 5.91 Å². The Morgan fingerprint density at radius 3 is 2.19 bits per heavy atom. The SMILES string of the molecule is COc1ccc(C(CNC(=O)c2ccc(NC(=O)OC(C)(C)C)cc2)N2CCCC2)cc1. The molecule has 2 aromatic carbocycles. The summed E-state index contributed by atoms with van der Waals surface area (Å²) in [6.45, 7) is 7.99. The van der Waals surface area contributed by atoms with E-state index in [4.69, 9.17) is 9.47 Å². The molecule has 172 valence electrons. The number of rotatable bonds is 7. The van der Waals surface area contributed by atoms with Crippen molar-refractivity contribution < 1.29 is 19.1 Å². The van der Waals surface area contributed by atoms with Crippen LogP contribution in [0.1, 0.15) is 55.6 Å². The van der Waals surface area contributed by atoms with Gasteiger partial charge < -0.3 is 14.8 Å². The average molecular weight is 440 g/mol. The van der Waals surface area contributed by atoms with Crippen molar-refractivity contribution in [2.75, 3.05) is 32.1 Å². The number of nitrogens with one attached hydrogen (secondary N) is 2. The predicted molar refractivity (Wildman–Crippen MR) is 125 cm³/mol. The molecule has 3 rings (SSSR count). The minimum Gasteiger partial charge on any atom is -0.497 e. The predicted octanol–water partition coefficient (Wildman–Crippen LogP) is 4.61. The maximum atomic E-state index is 12.8. The third-order valence-electron chi connectivity index (χ3n) is 5.33. The lowest BCUT2D eigenvalue weighted by atomic mass is 10.0. The van der Waals surface area contributed by atoms with E-state index in [1.165, 1.54) is 12.8 Å². The molecule has 0 spiro atoms. The molecule has 0 radical (unpaired) electrons. The first-order chi connectivity index (χ1) is 15.2. The molecule has 2 amide bonds. The Bertz CT molecular complexity index is 898. The van der Waals surface area contributed by atoms with Crippen molar-refractivity contribution >= 4 is 17.7 Å². The maximum Gasteiger partial charge on any atom is 0.412 e. The Morgan fingerprint density at radius 2 is 1.62 bits per heavy atom. The van der Waals surface area contributed by atoms with Crippen LogP contribution in [0, 0.1) is 0 Å². The molecule has 0 bridgehead atoms. The van der Waals surface area contributed by atoms with E-state index in [2.05, 4.69) is 27.7 Å². The van der Waals surface area contributed by atoms with Gasteiger partial charge in [0.15, 0.2) is 0 Å². The van der Waals surface area contributed by atoms with Gasteiger partial charge in [-0.1, -0.05) is 12.1 Å². The molecule has 2 aromatic rings. The van der Waals surface area contributed by atoms with Crippen molar-refractivity contribution in [1.82, 2.24) is 10.2 Å². The minimum absolute atomic E-state index is 0.112. The first kappa shape index (κ1) is 23.6. The maximum absolute atomic E-state index is 12.8. The molecule has 7 nitrogen and oxygen atoms in total. The number of carbonyl (C=O) groups is 2. The van der Waals surface area contributed by atoms with E-state index < -0.39 is 11.7 Å². The molecule has 1 aliphatic heterocycles. The van der Waals surface area contributed by atoms with Gasteiger partial charge >= 0.3 is 6.09 Å². The summed E-state index contributed by atoms with van der Waals surface area (Å²) >= 11 is 0. The second-order valence-electron chi connectivity index (χ2n) is 8.95. The number of amides is 2. The largest absolute Gasteiger partial charge is 0.497 e. The Balaban J connectivity index is 1.61. The second kappa shape index (κ2) is 10.5. The molecular formula is C25H33N3O4. The van der Waals surface area contributed by atoms with Crippen LogP contribution in [0.5, 0.6) is 5.75 Å². The number of ether oxygens (including phenoxy) is 2. The monoisotopic (exact) mass is 439 g/mol. The number of likely N-dealkylation sites (tertiary alicyclic amines) is 1. The van der Waals surface area contributed by atoms with Crippen LogP contribution in [0.15, 0.2) is 48.5 Å². The van der Waals surface area contributed by atoms with E-state index in [9.17, 15) is 9.59 Å². The van der Waals surface area contributed by atoms with Crippen LogP contribution in [0.25, 0.3) is 0 Å². The zero-order valence-electron chi connectivity index (χ0n) is 19.3. The zero-order valence-corrected chi connectivity index (χ0v) is 19.3. The second-order valence-corrected chi connectivity index (χ2v) is 8.95. The van der Waals surface area contributed by atoms with Gasteiger partial charge in [-0.3, -0.25) is 15.0 Å². The molecule has 1 saturated heterocycles. The van der Waals surface area contributed by atoms with Gasteiger partial charge in [-0.25, -0.2) is 4.79 Å². The molecule has 1 fully saturated rings. The number of methoxy groups -OCH3 is 1. The normalized spacial score (nSPS) is 15.1. The lowest BCUT2D eigenvalue weighted by molar-refractivity contribution is 0.0635. The molecule has 1 atom stereocenters. The van der Waals surface area contributed by atoms with Crippen LogP contribution in [0.4, 0.5) is 10.5 Å². The average Bonchev–Trinajstić information content (AvgIpc) is 3.28. The number of hydrogen-bond donors (Lipinski definition) is 2. The van der Waals surface area contributed by atoms with Crippen LogP contribution in [-0.2, 0) is 4.74 Å². The summed E-state index contributed by atoms with van der Waals surface area (Å²) in [5.74, 6) is 0.671. The fraction of sp³-hybridized carbons (Fsp3) is 0.440. The first-order valence-electron chi connectivity index (χ1n) is 11.0. The molecule has 0 saturated carbocycles. The summed E-state index contributed by atoms with van der Waals surface area (Å²) in [4.78, 5) is 27.1. The Labute approximate surface area is 190 Å². The summed E-state index contributed by atoms with van der Waals surface area (Å²) in [5.41, 5.74) is 1.70. The van der Waals surface area contributed by atoms with Crippen LogP contribution in [0.3, 0.4) is 0 Å².